The monoisotopic (exact) mass is 306 g/mol. The SMILES string of the molecule is CC(C)(C)C(=O)NCc1ccc(C(=O)NCCC(=O)O)cc1. The number of carbonyl (C=O) groups is 3. The van der Waals surface area contributed by atoms with Crippen LogP contribution in [0.4, 0.5) is 0 Å². The number of amides is 2. The molecule has 0 fully saturated rings. The van der Waals surface area contributed by atoms with E-state index >= 15 is 0 Å². The van der Waals surface area contributed by atoms with Crippen molar-refractivity contribution in [2.45, 2.75) is 33.7 Å². The van der Waals surface area contributed by atoms with Gasteiger partial charge in [0.25, 0.3) is 5.91 Å². The lowest BCUT2D eigenvalue weighted by Crippen LogP contribution is -2.34. The summed E-state index contributed by atoms with van der Waals surface area (Å²) in [6.07, 6.45) is -0.108. The number of aliphatic carboxylic acids is 1. The molecule has 1 aromatic carbocycles. The first-order valence-electron chi connectivity index (χ1n) is 7.07. The van der Waals surface area contributed by atoms with Crippen LogP contribution in [-0.2, 0) is 16.1 Å². The summed E-state index contributed by atoms with van der Waals surface area (Å²) in [6, 6.07) is 6.81. The molecule has 6 nitrogen and oxygen atoms in total. The lowest BCUT2D eigenvalue weighted by Gasteiger charge is -2.17. The van der Waals surface area contributed by atoms with E-state index in [1.807, 2.05) is 20.8 Å². The van der Waals surface area contributed by atoms with Crippen molar-refractivity contribution in [1.82, 2.24) is 10.6 Å². The van der Waals surface area contributed by atoms with Crippen molar-refractivity contribution in [1.29, 1.82) is 0 Å². The molecule has 0 spiro atoms. The van der Waals surface area contributed by atoms with Crippen LogP contribution in [0.25, 0.3) is 0 Å². The molecule has 0 unspecified atom stereocenters. The van der Waals surface area contributed by atoms with E-state index < -0.39 is 11.4 Å². The molecule has 0 aliphatic carbocycles. The molecule has 120 valence electrons. The maximum Gasteiger partial charge on any atom is 0.305 e. The average molecular weight is 306 g/mol. The van der Waals surface area contributed by atoms with Gasteiger partial charge < -0.3 is 15.7 Å². The summed E-state index contributed by atoms with van der Waals surface area (Å²) in [6.45, 7) is 6.02. The Bertz CT molecular complexity index is 544. The first-order chi connectivity index (χ1) is 10.2. The van der Waals surface area contributed by atoms with Crippen LogP contribution in [0.2, 0.25) is 0 Å². The molecule has 0 saturated heterocycles. The molecule has 0 aliphatic rings. The molecule has 0 saturated carbocycles. The maximum absolute atomic E-state index is 11.8. The largest absolute Gasteiger partial charge is 0.481 e. The summed E-state index contributed by atoms with van der Waals surface area (Å²) in [5.41, 5.74) is 0.903. The molecule has 22 heavy (non-hydrogen) atoms. The minimum Gasteiger partial charge on any atom is -0.481 e. The first kappa shape index (κ1) is 17.7. The summed E-state index contributed by atoms with van der Waals surface area (Å²) < 4.78 is 0. The number of benzene rings is 1. The number of rotatable bonds is 6. The Morgan fingerprint density at radius 3 is 2.14 bits per heavy atom. The number of hydrogen-bond acceptors (Lipinski definition) is 3. The molecule has 1 rings (SSSR count). The van der Waals surface area contributed by atoms with Crippen molar-refractivity contribution in [3.8, 4) is 0 Å². The Balaban J connectivity index is 2.50. The standard InChI is InChI=1S/C16H22N2O4/c1-16(2,3)15(22)18-10-11-4-6-12(7-5-11)14(21)17-9-8-13(19)20/h4-7H,8-10H2,1-3H3,(H,17,21)(H,18,22)(H,19,20). The highest BCUT2D eigenvalue weighted by atomic mass is 16.4. The van der Waals surface area contributed by atoms with Gasteiger partial charge in [-0.25, -0.2) is 0 Å². The van der Waals surface area contributed by atoms with E-state index in [9.17, 15) is 14.4 Å². The molecule has 1 aromatic rings. The number of carbonyl (C=O) groups excluding carboxylic acids is 2. The summed E-state index contributed by atoms with van der Waals surface area (Å²) in [5.74, 6) is -1.31. The Morgan fingerprint density at radius 1 is 1.05 bits per heavy atom. The number of hydrogen-bond donors (Lipinski definition) is 3. The van der Waals surface area contributed by atoms with E-state index in [2.05, 4.69) is 10.6 Å². The molecule has 0 radical (unpaired) electrons. The highest BCUT2D eigenvalue weighted by Gasteiger charge is 2.20. The van der Waals surface area contributed by atoms with Crippen molar-refractivity contribution in [3.63, 3.8) is 0 Å². The Kier molecular flexibility index (Phi) is 6.10. The predicted molar refractivity (Wildman–Crippen MR) is 82.3 cm³/mol. The fourth-order valence-electron chi connectivity index (χ4n) is 1.61. The molecule has 2 amide bonds. The highest BCUT2D eigenvalue weighted by molar-refractivity contribution is 5.94. The first-order valence-corrected chi connectivity index (χ1v) is 7.07. The van der Waals surface area contributed by atoms with Crippen molar-refractivity contribution in [2.24, 2.45) is 5.41 Å². The predicted octanol–water partition coefficient (Wildman–Crippen LogP) is 1.55. The minimum atomic E-state index is -0.953. The van der Waals surface area contributed by atoms with Gasteiger partial charge in [-0.1, -0.05) is 32.9 Å². The zero-order chi connectivity index (χ0) is 16.8. The van der Waals surface area contributed by atoms with Crippen LogP contribution >= 0.6 is 0 Å². The van der Waals surface area contributed by atoms with Gasteiger partial charge in [-0.15, -0.1) is 0 Å². The second-order valence-electron chi connectivity index (χ2n) is 6.03. The zero-order valence-electron chi connectivity index (χ0n) is 13.1. The molecule has 0 aromatic heterocycles. The molecular formula is C16H22N2O4. The van der Waals surface area contributed by atoms with Gasteiger partial charge in [-0.2, -0.15) is 0 Å². The lowest BCUT2D eigenvalue weighted by molar-refractivity contribution is -0.136. The van der Waals surface area contributed by atoms with Crippen LogP contribution in [0.3, 0.4) is 0 Å². The summed E-state index contributed by atoms with van der Waals surface area (Å²) in [4.78, 5) is 33.9. The normalized spacial score (nSPS) is 10.9. The number of nitrogens with one attached hydrogen (secondary N) is 2. The molecule has 3 N–H and O–H groups in total. The Labute approximate surface area is 129 Å². The van der Waals surface area contributed by atoms with Crippen molar-refractivity contribution in [2.75, 3.05) is 6.54 Å². The van der Waals surface area contributed by atoms with Crippen molar-refractivity contribution >= 4 is 17.8 Å². The third-order valence-corrected chi connectivity index (χ3v) is 2.97. The minimum absolute atomic E-state index is 0.0389. The quantitative estimate of drug-likeness (QED) is 0.743. The second kappa shape index (κ2) is 7.59. The van der Waals surface area contributed by atoms with Crippen LogP contribution in [-0.4, -0.2) is 29.4 Å². The second-order valence-corrected chi connectivity index (χ2v) is 6.03. The summed E-state index contributed by atoms with van der Waals surface area (Å²) in [5, 5.41) is 13.9. The summed E-state index contributed by atoms with van der Waals surface area (Å²) >= 11 is 0. The zero-order valence-corrected chi connectivity index (χ0v) is 13.1. The molecule has 0 aliphatic heterocycles. The third-order valence-electron chi connectivity index (χ3n) is 2.97. The van der Waals surface area contributed by atoms with Gasteiger partial charge in [-0.05, 0) is 17.7 Å². The van der Waals surface area contributed by atoms with Crippen molar-refractivity contribution in [3.05, 3.63) is 35.4 Å². The van der Waals surface area contributed by atoms with E-state index in [1.165, 1.54) is 0 Å². The van der Waals surface area contributed by atoms with Gasteiger partial charge in [-0.3, -0.25) is 14.4 Å². The van der Waals surface area contributed by atoms with E-state index in [0.29, 0.717) is 12.1 Å². The smallest absolute Gasteiger partial charge is 0.305 e. The van der Waals surface area contributed by atoms with E-state index in [0.717, 1.165) is 5.56 Å². The molecule has 0 atom stereocenters. The van der Waals surface area contributed by atoms with E-state index in [4.69, 9.17) is 5.11 Å². The van der Waals surface area contributed by atoms with Gasteiger partial charge in [0.15, 0.2) is 0 Å². The lowest BCUT2D eigenvalue weighted by atomic mass is 9.95. The van der Waals surface area contributed by atoms with Crippen molar-refractivity contribution < 1.29 is 19.5 Å². The van der Waals surface area contributed by atoms with Crippen LogP contribution in [0, 0.1) is 5.41 Å². The topological polar surface area (TPSA) is 95.5 Å². The van der Waals surface area contributed by atoms with Crippen LogP contribution < -0.4 is 10.6 Å². The van der Waals surface area contributed by atoms with Gasteiger partial charge in [0.05, 0.1) is 6.42 Å². The summed E-state index contributed by atoms with van der Waals surface area (Å²) in [7, 11) is 0. The van der Waals surface area contributed by atoms with E-state index in [1.54, 1.807) is 24.3 Å². The maximum atomic E-state index is 11.8. The van der Waals surface area contributed by atoms with Gasteiger partial charge >= 0.3 is 5.97 Å². The van der Waals surface area contributed by atoms with Crippen LogP contribution in [0.5, 0.6) is 0 Å². The van der Waals surface area contributed by atoms with Crippen LogP contribution in [0.15, 0.2) is 24.3 Å². The fourth-order valence-corrected chi connectivity index (χ4v) is 1.61. The number of carboxylic acids is 1. The van der Waals surface area contributed by atoms with E-state index in [-0.39, 0.29) is 24.8 Å². The Hall–Kier alpha value is -2.37. The third kappa shape index (κ3) is 5.95. The average Bonchev–Trinajstić information content (AvgIpc) is 2.43. The molecular weight excluding hydrogens is 284 g/mol. The number of carboxylic acid groups (broad SMARTS) is 1. The molecule has 6 heteroatoms. The van der Waals surface area contributed by atoms with Gasteiger partial charge in [0, 0.05) is 24.1 Å². The Morgan fingerprint density at radius 2 is 1.64 bits per heavy atom. The molecule has 0 heterocycles. The van der Waals surface area contributed by atoms with Gasteiger partial charge in [0.1, 0.15) is 0 Å². The highest BCUT2D eigenvalue weighted by Crippen LogP contribution is 2.13. The van der Waals surface area contributed by atoms with Gasteiger partial charge in [0.2, 0.25) is 5.91 Å². The van der Waals surface area contributed by atoms with Crippen LogP contribution in [0.1, 0.15) is 43.1 Å². The fraction of sp³-hybridized carbons (Fsp3) is 0.438. The molecule has 0 bridgehead atoms.